The molecule has 0 saturated heterocycles. The highest BCUT2D eigenvalue weighted by Gasteiger charge is 1.95. The van der Waals surface area contributed by atoms with Crippen LogP contribution in [0.4, 0.5) is 0 Å². The molecule has 0 aliphatic rings. The van der Waals surface area contributed by atoms with E-state index in [9.17, 15) is 4.79 Å². The minimum Gasteiger partial charge on any atom is -0.445 e. The molecule has 1 rings (SSSR count). The molecule has 0 bridgehead atoms. The molecule has 1 aromatic rings. The first kappa shape index (κ1) is 8.61. The Kier molecular flexibility index (Phi) is 2.71. The minimum atomic E-state index is 0.315. The van der Waals surface area contributed by atoms with Gasteiger partial charge in [-0.2, -0.15) is 0 Å². The van der Waals surface area contributed by atoms with Crippen LogP contribution in [0.3, 0.4) is 0 Å². The Morgan fingerprint density at radius 1 is 1.50 bits per heavy atom. The van der Waals surface area contributed by atoms with Crippen molar-refractivity contribution in [2.75, 3.05) is 0 Å². The third-order valence-electron chi connectivity index (χ3n) is 1.23. The smallest absolute Gasteiger partial charge is 0.185 e. The second-order valence-electron chi connectivity index (χ2n) is 2.74. The number of hydrogen-bond acceptors (Lipinski definition) is 2. The van der Waals surface area contributed by atoms with Crippen LogP contribution >= 0.6 is 0 Å². The minimum absolute atomic E-state index is 0.315. The average molecular weight is 162 g/mol. The lowest BCUT2D eigenvalue weighted by atomic mass is 10.2. The van der Waals surface area contributed by atoms with Gasteiger partial charge >= 0.3 is 0 Å². The normalized spacial score (nSPS) is 9.25. The maximum atomic E-state index is 10.2. The van der Waals surface area contributed by atoms with Gasteiger partial charge in [0, 0.05) is 5.92 Å². The fourth-order valence-electron chi connectivity index (χ4n) is 0.699. The summed E-state index contributed by atoms with van der Waals surface area (Å²) in [5, 5.41) is 0. The number of carbonyl (C=O) groups is 1. The summed E-state index contributed by atoms with van der Waals surface area (Å²) in [4.78, 5) is 10.2. The predicted molar refractivity (Wildman–Crippen MR) is 45.8 cm³/mol. The van der Waals surface area contributed by atoms with Crippen LogP contribution in [-0.2, 0) is 0 Å². The molecular weight excluding hydrogens is 152 g/mol. The first-order valence-corrected chi connectivity index (χ1v) is 3.79. The zero-order valence-electron chi connectivity index (χ0n) is 7.13. The van der Waals surface area contributed by atoms with Gasteiger partial charge in [0.15, 0.2) is 17.8 Å². The second-order valence-corrected chi connectivity index (χ2v) is 2.74. The summed E-state index contributed by atoms with van der Waals surface area (Å²) in [5.74, 6) is 6.95. The maximum absolute atomic E-state index is 10.2. The predicted octanol–water partition coefficient (Wildman–Crippen LogP) is 2.10. The molecule has 0 radical (unpaired) electrons. The van der Waals surface area contributed by atoms with Gasteiger partial charge < -0.3 is 4.42 Å². The molecule has 0 saturated carbocycles. The van der Waals surface area contributed by atoms with Crippen LogP contribution in [0.25, 0.3) is 0 Å². The van der Waals surface area contributed by atoms with Gasteiger partial charge in [-0.3, -0.25) is 4.79 Å². The number of hydrogen-bond donors (Lipinski definition) is 0. The van der Waals surface area contributed by atoms with E-state index in [1.165, 1.54) is 0 Å². The monoisotopic (exact) mass is 162 g/mol. The molecule has 0 amide bonds. The standard InChI is InChI=1S/C10H10O2/c1-8(2)3-4-9-5-6-10(7-11)12-9/h5-8H,1-2H3. The number of aldehydes is 1. The Hall–Kier alpha value is -1.49. The molecule has 0 aromatic carbocycles. The van der Waals surface area contributed by atoms with Crippen molar-refractivity contribution >= 4 is 6.29 Å². The molecule has 0 aliphatic carbocycles. The van der Waals surface area contributed by atoms with E-state index in [1.54, 1.807) is 12.1 Å². The molecule has 12 heavy (non-hydrogen) atoms. The van der Waals surface area contributed by atoms with Gasteiger partial charge in [-0.15, -0.1) is 0 Å². The lowest BCUT2D eigenvalue weighted by molar-refractivity contribution is 0.110. The third-order valence-corrected chi connectivity index (χ3v) is 1.23. The van der Waals surface area contributed by atoms with Gasteiger partial charge in [0.1, 0.15) is 0 Å². The van der Waals surface area contributed by atoms with Gasteiger partial charge in [-0.1, -0.05) is 19.8 Å². The van der Waals surface area contributed by atoms with E-state index in [-0.39, 0.29) is 0 Å². The van der Waals surface area contributed by atoms with Gasteiger partial charge in [0.2, 0.25) is 0 Å². The van der Waals surface area contributed by atoms with E-state index < -0.39 is 0 Å². The lowest BCUT2D eigenvalue weighted by Gasteiger charge is -1.85. The van der Waals surface area contributed by atoms with Crippen LogP contribution in [0.2, 0.25) is 0 Å². The topological polar surface area (TPSA) is 30.2 Å². The highest BCUT2D eigenvalue weighted by atomic mass is 16.3. The number of carbonyl (C=O) groups excluding carboxylic acids is 1. The third kappa shape index (κ3) is 2.28. The average Bonchev–Trinajstić information content (AvgIpc) is 2.48. The molecular formula is C10H10O2. The number of rotatable bonds is 1. The molecule has 0 spiro atoms. The van der Waals surface area contributed by atoms with Crippen LogP contribution in [0.15, 0.2) is 16.5 Å². The van der Waals surface area contributed by atoms with Gasteiger partial charge in [-0.25, -0.2) is 0 Å². The molecule has 2 heteroatoms. The van der Waals surface area contributed by atoms with Crippen LogP contribution in [0, 0.1) is 17.8 Å². The van der Waals surface area contributed by atoms with E-state index in [4.69, 9.17) is 4.42 Å². The van der Waals surface area contributed by atoms with Crippen molar-refractivity contribution in [1.29, 1.82) is 0 Å². The Balaban J connectivity index is 2.78. The van der Waals surface area contributed by atoms with Crippen molar-refractivity contribution in [2.45, 2.75) is 13.8 Å². The van der Waals surface area contributed by atoms with Crippen LogP contribution in [-0.4, -0.2) is 6.29 Å². The Labute approximate surface area is 71.6 Å². The summed E-state index contributed by atoms with van der Waals surface area (Å²) in [6.45, 7) is 3.99. The summed E-state index contributed by atoms with van der Waals surface area (Å²) in [6.07, 6.45) is 0.667. The van der Waals surface area contributed by atoms with Crippen molar-refractivity contribution in [3.05, 3.63) is 23.7 Å². The van der Waals surface area contributed by atoms with Crippen molar-refractivity contribution in [3.8, 4) is 11.8 Å². The molecule has 0 N–H and O–H groups in total. The van der Waals surface area contributed by atoms with E-state index >= 15 is 0 Å². The van der Waals surface area contributed by atoms with E-state index in [2.05, 4.69) is 11.8 Å². The first-order valence-electron chi connectivity index (χ1n) is 3.79. The lowest BCUT2D eigenvalue weighted by Crippen LogP contribution is -1.77. The zero-order valence-corrected chi connectivity index (χ0v) is 7.13. The molecule has 2 nitrogen and oxygen atoms in total. The van der Waals surface area contributed by atoms with Crippen molar-refractivity contribution < 1.29 is 9.21 Å². The summed E-state index contributed by atoms with van der Waals surface area (Å²) in [5.41, 5.74) is 0. The quantitative estimate of drug-likeness (QED) is 0.467. The van der Waals surface area contributed by atoms with Crippen LogP contribution in [0.1, 0.15) is 30.2 Å². The molecule has 1 heterocycles. The van der Waals surface area contributed by atoms with E-state index in [1.807, 2.05) is 13.8 Å². The molecule has 62 valence electrons. The number of furan rings is 1. The SMILES string of the molecule is CC(C)C#Cc1ccc(C=O)o1. The van der Waals surface area contributed by atoms with Crippen LogP contribution < -0.4 is 0 Å². The Morgan fingerprint density at radius 3 is 2.75 bits per heavy atom. The summed E-state index contributed by atoms with van der Waals surface area (Å²) in [6, 6.07) is 3.30. The molecule has 0 fully saturated rings. The Bertz CT molecular complexity index is 323. The largest absolute Gasteiger partial charge is 0.445 e. The molecule has 0 atom stereocenters. The molecule has 1 aromatic heterocycles. The fourth-order valence-corrected chi connectivity index (χ4v) is 0.699. The summed E-state index contributed by atoms with van der Waals surface area (Å²) >= 11 is 0. The van der Waals surface area contributed by atoms with Crippen LogP contribution in [0.5, 0.6) is 0 Å². The zero-order chi connectivity index (χ0) is 8.97. The van der Waals surface area contributed by atoms with E-state index in [0.29, 0.717) is 23.7 Å². The van der Waals surface area contributed by atoms with Gasteiger partial charge in [0.05, 0.1) is 0 Å². The fraction of sp³-hybridized carbons (Fsp3) is 0.300. The van der Waals surface area contributed by atoms with Gasteiger partial charge in [0.25, 0.3) is 0 Å². The molecule has 0 aliphatic heterocycles. The highest BCUT2D eigenvalue weighted by molar-refractivity contribution is 5.70. The van der Waals surface area contributed by atoms with E-state index in [0.717, 1.165) is 0 Å². The maximum Gasteiger partial charge on any atom is 0.185 e. The second kappa shape index (κ2) is 3.77. The Morgan fingerprint density at radius 2 is 2.25 bits per heavy atom. The van der Waals surface area contributed by atoms with Crippen molar-refractivity contribution in [3.63, 3.8) is 0 Å². The molecule has 0 unspecified atom stereocenters. The van der Waals surface area contributed by atoms with Gasteiger partial charge in [-0.05, 0) is 18.1 Å². The summed E-state index contributed by atoms with van der Waals surface area (Å²) in [7, 11) is 0. The first-order chi connectivity index (χ1) is 5.72. The van der Waals surface area contributed by atoms with Crippen molar-refractivity contribution in [1.82, 2.24) is 0 Å². The highest BCUT2D eigenvalue weighted by Crippen LogP contribution is 2.03. The van der Waals surface area contributed by atoms with Crippen molar-refractivity contribution in [2.24, 2.45) is 5.92 Å². The summed E-state index contributed by atoms with van der Waals surface area (Å²) < 4.78 is 5.04.